The van der Waals surface area contributed by atoms with Gasteiger partial charge in [-0.25, -0.2) is 0 Å². The molecule has 0 aliphatic carbocycles. The van der Waals surface area contributed by atoms with Gasteiger partial charge in [-0.15, -0.1) is 11.8 Å². The maximum absolute atomic E-state index is 7.34. The Bertz CT molecular complexity index is 273. The highest BCUT2D eigenvalue weighted by molar-refractivity contribution is 8.00. The van der Waals surface area contributed by atoms with Crippen LogP contribution in [0.1, 0.15) is 13.3 Å². The SMILES string of the molecule is CCC(Sc1ccncc1)C(=N)N. The molecule has 70 valence electrons. The van der Waals surface area contributed by atoms with Crippen molar-refractivity contribution in [2.45, 2.75) is 23.5 Å². The van der Waals surface area contributed by atoms with Crippen LogP contribution in [0.5, 0.6) is 0 Å². The fraction of sp³-hybridized carbons (Fsp3) is 0.333. The van der Waals surface area contributed by atoms with Crippen LogP contribution in [0, 0.1) is 5.41 Å². The van der Waals surface area contributed by atoms with Gasteiger partial charge in [0.05, 0.1) is 5.25 Å². The smallest absolute Gasteiger partial charge is 0.104 e. The number of hydrogen-bond acceptors (Lipinski definition) is 3. The molecule has 0 saturated heterocycles. The molecular formula is C9H13N3S. The molecule has 0 radical (unpaired) electrons. The number of nitrogens with zero attached hydrogens (tertiary/aromatic N) is 1. The van der Waals surface area contributed by atoms with Gasteiger partial charge in [-0.2, -0.15) is 0 Å². The summed E-state index contributed by atoms with van der Waals surface area (Å²) >= 11 is 1.61. The fourth-order valence-electron chi connectivity index (χ4n) is 0.948. The van der Waals surface area contributed by atoms with Crippen molar-refractivity contribution < 1.29 is 0 Å². The molecule has 1 aromatic rings. The lowest BCUT2D eigenvalue weighted by atomic mass is 10.3. The number of nitrogens with two attached hydrogens (primary N) is 1. The van der Waals surface area contributed by atoms with Crippen LogP contribution in [-0.2, 0) is 0 Å². The quantitative estimate of drug-likeness (QED) is 0.438. The fourth-order valence-corrected chi connectivity index (χ4v) is 1.85. The number of aromatic nitrogens is 1. The van der Waals surface area contributed by atoms with E-state index in [1.54, 1.807) is 24.2 Å². The second kappa shape index (κ2) is 4.87. The molecule has 4 heteroatoms. The summed E-state index contributed by atoms with van der Waals surface area (Å²) < 4.78 is 0. The van der Waals surface area contributed by atoms with Crippen LogP contribution in [0.2, 0.25) is 0 Å². The molecule has 0 fully saturated rings. The minimum atomic E-state index is 0.0856. The van der Waals surface area contributed by atoms with Gasteiger partial charge in [0.15, 0.2) is 0 Å². The number of amidine groups is 1. The molecule has 3 nitrogen and oxygen atoms in total. The number of nitrogens with one attached hydrogen (secondary N) is 1. The molecule has 0 amide bonds. The summed E-state index contributed by atoms with van der Waals surface area (Å²) in [7, 11) is 0. The van der Waals surface area contributed by atoms with E-state index in [-0.39, 0.29) is 11.1 Å². The third-order valence-electron chi connectivity index (χ3n) is 1.65. The van der Waals surface area contributed by atoms with Gasteiger partial charge in [0.25, 0.3) is 0 Å². The van der Waals surface area contributed by atoms with Crippen LogP contribution in [0.15, 0.2) is 29.4 Å². The summed E-state index contributed by atoms with van der Waals surface area (Å²) in [5.41, 5.74) is 5.44. The van der Waals surface area contributed by atoms with E-state index in [1.165, 1.54) is 0 Å². The summed E-state index contributed by atoms with van der Waals surface area (Å²) in [6, 6.07) is 3.85. The summed E-state index contributed by atoms with van der Waals surface area (Å²) in [6.45, 7) is 2.03. The molecule has 0 spiro atoms. The van der Waals surface area contributed by atoms with Crippen LogP contribution < -0.4 is 5.73 Å². The van der Waals surface area contributed by atoms with E-state index in [0.29, 0.717) is 0 Å². The predicted molar refractivity (Wildman–Crippen MR) is 56.1 cm³/mol. The first kappa shape index (κ1) is 10.1. The van der Waals surface area contributed by atoms with Crippen molar-refractivity contribution in [2.75, 3.05) is 0 Å². The van der Waals surface area contributed by atoms with Gasteiger partial charge in [-0.1, -0.05) is 6.92 Å². The molecule has 1 rings (SSSR count). The van der Waals surface area contributed by atoms with E-state index in [4.69, 9.17) is 11.1 Å². The average molecular weight is 195 g/mol. The first-order valence-electron chi connectivity index (χ1n) is 4.14. The van der Waals surface area contributed by atoms with Crippen molar-refractivity contribution in [1.29, 1.82) is 5.41 Å². The molecule has 1 atom stereocenters. The first-order valence-corrected chi connectivity index (χ1v) is 5.02. The molecule has 1 aromatic heterocycles. The Morgan fingerprint density at radius 2 is 2.23 bits per heavy atom. The molecule has 0 aromatic carbocycles. The maximum atomic E-state index is 7.34. The van der Waals surface area contributed by atoms with Crippen LogP contribution in [0.25, 0.3) is 0 Å². The lowest BCUT2D eigenvalue weighted by molar-refractivity contribution is 0.991. The highest BCUT2D eigenvalue weighted by Gasteiger charge is 2.10. The Balaban J connectivity index is 2.62. The number of pyridine rings is 1. The summed E-state index contributed by atoms with van der Waals surface area (Å²) in [4.78, 5) is 5.03. The Morgan fingerprint density at radius 3 is 2.69 bits per heavy atom. The van der Waals surface area contributed by atoms with E-state index < -0.39 is 0 Å². The Morgan fingerprint density at radius 1 is 1.62 bits per heavy atom. The molecule has 0 aliphatic rings. The van der Waals surface area contributed by atoms with Gasteiger partial charge in [-0.05, 0) is 18.6 Å². The lowest BCUT2D eigenvalue weighted by Crippen LogP contribution is -2.23. The normalized spacial score (nSPS) is 12.4. The number of rotatable bonds is 4. The van der Waals surface area contributed by atoms with Gasteiger partial charge in [0, 0.05) is 17.3 Å². The van der Waals surface area contributed by atoms with E-state index in [2.05, 4.69) is 4.98 Å². The largest absolute Gasteiger partial charge is 0.387 e. The number of thioether (sulfide) groups is 1. The van der Waals surface area contributed by atoms with E-state index >= 15 is 0 Å². The monoisotopic (exact) mass is 195 g/mol. The first-order chi connectivity index (χ1) is 6.24. The second-order valence-electron chi connectivity index (χ2n) is 2.65. The van der Waals surface area contributed by atoms with E-state index in [9.17, 15) is 0 Å². The van der Waals surface area contributed by atoms with Crippen molar-refractivity contribution in [3.8, 4) is 0 Å². The lowest BCUT2D eigenvalue weighted by Gasteiger charge is -2.11. The third-order valence-corrected chi connectivity index (χ3v) is 3.06. The molecule has 1 heterocycles. The minimum Gasteiger partial charge on any atom is -0.387 e. The molecular weight excluding hydrogens is 182 g/mol. The predicted octanol–water partition coefficient (Wildman–Crippen LogP) is 1.89. The number of hydrogen-bond donors (Lipinski definition) is 2. The highest BCUT2D eigenvalue weighted by Crippen LogP contribution is 2.24. The van der Waals surface area contributed by atoms with Crippen LogP contribution in [0.3, 0.4) is 0 Å². The van der Waals surface area contributed by atoms with Crippen LogP contribution >= 0.6 is 11.8 Å². The van der Waals surface area contributed by atoms with Gasteiger partial charge in [0.1, 0.15) is 5.84 Å². The molecule has 0 aliphatic heterocycles. The standard InChI is InChI=1S/C9H13N3S/c1-2-8(9(10)11)13-7-3-5-12-6-4-7/h3-6,8H,2H2,1H3,(H3,10,11). The van der Waals surface area contributed by atoms with Gasteiger partial charge >= 0.3 is 0 Å². The summed E-state index contributed by atoms with van der Waals surface area (Å²) in [5, 5.41) is 7.43. The van der Waals surface area contributed by atoms with Crippen molar-refractivity contribution in [2.24, 2.45) is 5.73 Å². The summed E-state index contributed by atoms with van der Waals surface area (Å²) in [5.74, 6) is 0.240. The van der Waals surface area contributed by atoms with Crippen LogP contribution in [-0.4, -0.2) is 16.1 Å². The zero-order chi connectivity index (χ0) is 9.68. The minimum absolute atomic E-state index is 0.0856. The van der Waals surface area contributed by atoms with Crippen molar-refractivity contribution in [3.05, 3.63) is 24.5 Å². The van der Waals surface area contributed by atoms with E-state index in [1.807, 2.05) is 19.1 Å². The molecule has 13 heavy (non-hydrogen) atoms. The Labute approximate surface area is 82.3 Å². The van der Waals surface area contributed by atoms with Crippen molar-refractivity contribution >= 4 is 17.6 Å². The van der Waals surface area contributed by atoms with Crippen LogP contribution in [0.4, 0.5) is 0 Å². The molecule has 1 unspecified atom stereocenters. The van der Waals surface area contributed by atoms with Gasteiger partial charge < -0.3 is 5.73 Å². The maximum Gasteiger partial charge on any atom is 0.104 e. The zero-order valence-electron chi connectivity index (χ0n) is 7.53. The van der Waals surface area contributed by atoms with Gasteiger partial charge in [0.2, 0.25) is 0 Å². The Hall–Kier alpha value is -1.03. The third kappa shape index (κ3) is 3.06. The van der Waals surface area contributed by atoms with Crippen molar-refractivity contribution in [3.63, 3.8) is 0 Å². The Kier molecular flexibility index (Phi) is 3.76. The average Bonchev–Trinajstić information content (AvgIpc) is 2.15. The topological polar surface area (TPSA) is 62.8 Å². The second-order valence-corrected chi connectivity index (χ2v) is 3.93. The highest BCUT2D eigenvalue weighted by atomic mass is 32.2. The molecule has 0 bridgehead atoms. The molecule has 0 saturated carbocycles. The summed E-state index contributed by atoms with van der Waals surface area (Å²) in [6.07, 6.45) is 4.37. The van der Waals surface area contributed by atoms with Crippen molar-refractivity contribution in [1.82, 2.24) is 4.98 Å². The zero-order valence-corrected chi connectivity index (χ0v) is 8.34. The molecule has 3 N–H and O–H groups in total. The van der Waals surface area contributed by atoms with Gasteiger partial charge in [-0.3, -0.25) is 10.4 Å². The van der Waals surface area contributed by atoms with E-state index in [0.717, 1.165) is 11.3 Å².